The van der Waals surface area contributed by atoms with Crippen LogP contribution in [0.3, 0.4) is 0 Å². The summed E-state index contributed by atoms with van der Waals surface area (Å²) in [5.41, 5.74) is 0. The van der Waals surface area contributed by atoms with Gasteiger partial charge in [-0.3, -0.25) is 0 Å². The van der Waals surface area contributed by atoms with Gasteiger partial charge in [-0.25, -0.2) is 8.78 Å². The van der Waals surface area contributed by atoms with Crippen LogP contribution in [0.1, 0.15) is 0 Å². The fraction of sp³-hybridized carbons (Fsp3) is 0. The van der Waals surface area contributed by atoms with Crippen LogP contribution in [-0.4, -0.2) is 0 Å². The summed E-state index contributed by atoms with van der Waals surface area (Å²) in [4.78, 5) is 1.29. The fourth-order valence-corrected chi connectivity index (χ4v) is 1.95. The van der Waals surface area contributed by atoms with Crippen LogP contribution in [0.25, 0.3) is 0 Å². The summed E-state index contributed by atoms with van der Waals surface area (Å²) >= 11 is 1.25. The molecule has 2 aromatic rings. The monoisotopic (exact) mass is 269 g/mol. The maximum absolute atomic E-state index is 13.2. The van der Waals surface area contributed by atoms with E-state index >= 15 is 0 Å². The van der Waals surface area contributed by atoms with Gasteiger partial charge in [-0.15, -0.1) is 12.1 Å². The van der Waals surface area contributed by atoms with E-state index in [1.807, 2.05) is 36.4 Å². The molecule has 0 bridgehead atoms. The molecule has 0 nitrogen and oxygen atoms in total. The van der Waals surface area contributed by atoms with E-state index in [2.05, 4.69) is 0 Å². The van der Waals surface area contributed by atoms with Gasteiger partial charge >= 0.3 is 0 Å². The summed E-state index contributed by atoms with van der Waals surface area (Å²) < 4.78 is 25.8. The third-order valence-electron chi connectivity index (χ3n) is 1.80. The van der Waals surface area contributed by atoms with Gasteiger partial charge in [-0.1, -0.05) is 23.1 Å². The Kier molecular flexibility index (Phi) is 5.19. The van der Waals surface area contributed by atoms with Crippen LogP contribution in [0.15, 0.2) is 52.3 Å². The van der Waals surface area contributed by atoms with Gasteiger partial charge in [-0.05, 0) is 17.0 Å². The van der Waals surface area contributed by atoms with Crippen molar-refractivity contribution >= 4 is 11.8 Å². The van der Waals surface area contributed by atoms with Crippen molar-refractivity contribution in [2.75, 3.05) is 0 Å². The van der Waals surface area contributed by atoms with Crippen molar-refractivity contribution in [2.24, 2.45) is 0 Å². The van der Waals surface area contributed by atoms with Crippen molar-refractivity contribution in [1.82, 2.24) is 0 Å². The predicted octanol–water partition coefficient (Wildman–Crippen LogP) is 3.91. The number of rotatable bonds is 2. The molecule has 0 radical (unpaired) electrons. The molecule has 2 rings (SSSR count). The molecule has 0 heterocycles. The summed E-state index contributed by atoms with van der Waals surface area (Å²) in [5.74, 6) is -1.33. The number of hydrogen-bond acceptors (Lipinski definition) is 1. The van der Waals surface area contributed by atoms with Gasteiger partial charge in [0.2, 0.25) is 0 Å². The quantitative estimate of drug-likeness (QED) is 0.588. The van der Waals surface area contributed by atoms with Crippen molar-refractivity contribution in [3.8, 4) is 0 Å². The first-order chi connectivity index (χ1) is 7.25. The van der Waals surface area contributed by atoms with Crippen molar-refractivity contribution in [3.05, 3.63) is 60.2 Å². The van der Waals surface area contributed by atoms with E-state index in [1.54, 1.807) is 0 Å². The van der Waals surface area contributed by atoms with Gasteiger partial charge in [0, 0.05) is 33.4 Å². The van der Waals surface area contributed by atoms with Crippen molar-refractivity contribution in [1.29, 1.82) is 0 Å². The third kappa shape index (κ3) is 3.44. The molecule has 0 saturated carbocycles. The predicted molar refractivity (Wildman–Crippen MR) is 55.8 cm³/mol. The van der Waals surface area contributed by atoms with Crippen LogP contribution in [0, 0.1) is 17.7 Å². The Morgan fingerprint density at radius 2 is 1.62 bits per heavy atom. The zero-order chi connectivity index (χ0) is 10.7. The molecule has 2 aromatic carbocycles. The molecule has 80 valence electrons. The molecule has 0 aliphatic heterocycles. The van der Waals surface area contributed by atoms with E-state index in [-0.39, 0.29) is 21.7 Å². The molecule has 0 fully saturated rings. The summed E-state index contributed by atoms with van der Waals surface area (Å²) in [6, 6.07) is 14.0. The largest absolute Gasteiger partial charge is 0.236 e. The van der Waals surface area contributed by atoms with Gasteiger partial charge in [-0.2, -0.15) is 17.8 Å². The molecular weight excluding hydrogens is 262 g/mol. The van der Waals surface area contributed by atoms with E-state index in [4.69, 9.17) is 0 Å². The van der Waals surface area contributed by atoms with Crippen LogP contribution in [-0.2, 0) is 21.7 Å². The Hall–Kier alpha value is -0.636. The van der Waals surface area contributed by atoms with Crippen molar-refractivity contribution < 1.29 is 30.5 Å². The maximum Gasteiger partial charge on any atom is 0.0271 e. The maximum atomic E-state index is 13.2. The first kappa shape index (κ1) is 13.4. The van der Waals surface area contributed by atoms with Gasteiger partial charge in [0.05, 0.1) is 0 Å². The molecule has 0 unspecified atom stereocenters. The Morgan fingerprint density at radius 3 is 2.25 bits per heavy atom. The smallest absolute Gasteiger partial charge is 0.0271 e. The minimum atomic E-state index is -0.676. The summed E-state index contributed by atoms with van der Waals surface area (Å²) in [7, 11) is 0. The normalized spacial score (nSPS) is 9.62. The van der Waals surface area contributed by atoms with Gasteiger partial charge in [0.15, 0.2) is 0 Å². The van der Waals surface area contributed by atoms with Crippen LogP contribution in [0.2, 0.25) is 0 Å². The zero-order valence-electron chi connectivity index (χ0n) is 8.21. The Morgan fingerprint density at radius 1 is 0.938 bits per heavy atom. The van der Waals surface area contributed by atoms with E-state index in [9.17, 15) is 8.78 Å². The van der Waals surface area contributed by atoms with E-state index < -0.39 is 11.6 Å². The molecule has 0 aliphatic carbocycles. The number of benzene rings is 2. The van der Waals surface area contributed by atoms with Crippen LogP contribution >= 0.6 is 11.8 Å². The fourth-order valence-electron chi connectivity index (χ4n) is 1.12. The van der Waals surface area contributed by atoms with Crippen LogP contribution in [0.4, 0.5) is 8.78 Å². The molecule has 0 saturated heterocycles. The third-order valence-corrected chi connectivity index (χ3v) is 2.84. The Bertz CT molecular complexity index is 460. The van der Waals surface area contributed by atoms with Crippen LogP contribution < -0.4 is 0 Å². The standard InChI is InChI=1S/C12H7F2S.Ti/c13-9-6-7-12(11(14)8-9)15-10-4-2-1-3-5-10;/h1-7H;/q-1;. The first-order valence-electron chi connectivity index (χ1n) is 4.36. The summed E-state index contributed by atoms with van der Waals surface area (Å²) in [6.45, 7) is 0. The minimum Gasteiger partial charge on any atom is -0.236 e. The SMILES string of the molecule is Fc1[c-]c(F)c(Sc2ccccc2)cc1.[Ti]. The van der Waals surface area contributed by atoms with Crippen LogP contribution in [0.5, 0.6) is 0 Å². The van der Waals surface area contributed by atoms with Gasteiger partial charge in [0.1, 0.15) is 0 Å². The van der Waals surface area contributed by atoms with Crippen molar-refractivity contribution in [3.63, 3.8) is 0 Å². The average molecular weight is 269 g/mol. The summed E-state index contributed by atoms with van der Waals surface area (Å²) in [5, 5.41) is 0. The molecule has 0 atom stereocenters. The molecule has 0 amide bonds. The first-order valence-corrected chi connectivity index (χ1v) is 5.17. The number of halogens is 2. The molecule has 0 aromatic heterocycles. The second-order valence-electron chi connectivity index (χ2n) is 2.90. The average Bonchev–Trinajstić information content (AvgIpc) is 2.24. The minimum absolute atomic E-state index is 0. The Labute approximate surface area is 112 Å². The summed E-state index contributed by atoms with van der Waals surface area (Å²) in [6.07, 6.45) is 0. The zero-order valence-corrected chi connectivity index (χ0v) is 10.6. The Balaban J connectivity index is 0.00000128. The molecule has 0 spiro atoms. The van der Waals surface area contributed by atoms with Gasteiger partial charge in [0.25, 0.3) is 0 Å². The topological polar surface area (TPSA) is 0 Å². The molecule has 4 heteroatoms. The number of hydrogen-bond donors (Lipinski definition) is 0. The second kappa shape index (κ2) is 6.19. The van der Waals surface area contributed by atoms with E-state index in [0.29, 0.717) is 4.90 Å². The molecule has 0 aliphatic rings. The van der Waals surface area contributed by atoms with Gasteiger partial charge < -0.3 is 0 Å². The molecule has 0 N–H and O–H groups in total. The van der Waals surface area contributed by atoms with E-state index in [0.717, 1.165) is 4.90 Å². The molecular formula is C12H7F2STi-. The van der Waals surface area contributed by atoms with Crippen molar-refractivity contribution in [2.45, 2.75) is 9.79 Å². The molecule has 16 heavy (non-hydrogen) atoms. The van der Waals surface area contributed by atoms with E-state index in [1.165, 1.54) is 23.9 Å². The second-order valence-corrected chi connectivity index (χ2v) is 4.01.